The third kappa shape index (κ3) is 1.03. The number of allylic oxidation sites excluding steroid dienone is 1. The third-order valence-corrected chi connectivity index (χ3v) is 0.867. The molecular weight excluding hydrogens is 100 g/mol. The van der Waals surface area contributed by atoms with E-state index in [0.717, 1.165) is 12.2 Å². The second-order valence-electron chi connectivity index (χ2n) is 1.53. The summed E-state index contributed by atoms with van der Waals surface area (Å²) in [6.45, 7) is 2.07. The van der Waals surface area contributed by atoms with Gasteiger partial charge in [0.05, 0.1) is 0 Å². The van der Waals surface area contributed by atoms with Gasteiger partial charge in [-0.05, 0) is 12.5 Å². The van der Waals surface area contributed by atoms with E-state index in [1.807, 2.05) is 6.08 Å². The molecule has 0 spiro atoms. The Kier molecular flexibility index (Phi) is 1.57. The van der Waals surface area contributed by atoms with Crippen molar-refractivity contribution < 1.29 is 0 Å². The quantitative estimate of drug-likeness (QED) is 0.485. The number of hydrogen-bond donors (Lipinski definition) is 0. The highest BCUT2D eigenvalue weighted by molar-refractivity contribution is 6.18. The minimum Gasteiger partial charge on any atom is -0.236 e. The standard InChI is InChI=1S/C6H8N2/c1-2-3-6-7-4-5-8-6/h3-5H,2H2,1H3. The highest BCUT2D eigenvalue weighted by atomic mass is 15.0. The highest BCUT2D eigenvalue weighted by Gasteiger charge is 1.88. The van der Waals surface area contributed by atoms with Gasteiger partial charge in [0.15, 0.2) is 0 Å². The summed E-state index contributed by atoms with van der Waals surface area (Å²) in [7, 11) is 0. The zero-order chi connectivity index (χ0) is 5.82. The van der Waals surface area contributed by atoms with Crippen LogP contribution in [0.1, 0.15) is 13.3 Å². The molecule has 1 heterocycles. The number of nitrogens with zero attached hydrogens (tertiary/aromatic N) is 2. The van der Waals surface area contributed by atoms with E-state index in [9.17, 15) is 0 Å². The molecule has 0 aromatic heterocycles. The first-order valence-electron chi connectivity index (χ1n) is 2.70. The van der Waals surface area contributed by atoms with Crippen LogP contribution in [0.3, 0.4) is 0 Å². The fraction of sp³-hybridized carbons (Fsp3) is 0.333. The van der Waals surface area contributed by atoms with Crippen LogP contribution < -0.4 is 0 Å². The Morgan fingerprint density at radius 2 is 2.12 bits per heavy atom. The van der Waals surface area contributed by atoms with Crippen LogP contribution in [0.4, 0.5) is 0 Å². The van der Waals surface area contributed by atoms with Crippen molar-refractivity contribution in [1.82, 2.24) is 0 Å². The number of aliphatic imine (C=N–C) groups is 2. The zero-order valence-electron chi connectivity index (χ0n) is 4.83. The smallest absolute Gasteiger partial charge is 0.147 e. The molecule has 0 saturated carbocycles. The monoisotopic (exact) mass is 108 g/mol. The van der Waals surface area contributed by atoms with Gasteiger partial charge in [-0.2, -0.15) is 0 Å². The molecule has 0 aromatic carbocycles. The fourth-order valence-electron chi connectivity index (χ4n) is 0.541. The van der Waals surface area contributed by atoms with Crippen LogP contribution in [0.5, 0.6) is 0 Å². The average Bonchev–Trinajstić information content (AvgIpc) is 2.19. The molecule has 0 fully saturated rings. The topological polar surface area (TPSA) is 24.7 Å². The van der Waals surface area contributed by atoms with Crippen LogP contribution >= 0.6 is 0 Å². The lowest BCUT2D eigenvalue weighted by Gasteiger charge is -1.81. The maximum absolute atomic E-state index is 3.94. The lowest BCUT2D eigenvalue weighted by atomic mass is 10.4. The SMILES string of the molecule is CCC=C1N=CC=N1. The minimum atomic E-state index is 0.840. The van der Waals surface area contributed by atoms with E-state index < -0.39 is 0 Å². The van der Waals surface area contributed by atoms with Gasteiger partial charge in [-0.25, -0.2) is 9.98 Å². The molecule has 0 aliphatic carbocycles. The Hall–Kier alpha value is -0.920. The van der Waals surface area contributed by atoms with E-state index >= 15 is 0 Å². The van der Waals surface area contributed by atoms with Crippen molar-refractivity contribution in [3.8, 4) is 0 Å². The van der Waals surface area contributed by atoms with E-state index in [2.05, 4.69) is 16.9 Å². The molecule has 1 rings (SSSR count). The van der Waals surface area contributed by atoms with Crippen molar-refractivity contribution in [2.75, 3.05) is 0 Å². The first-order chi connectivity index (χ1) is 3.93. The van der Waals surface area contributed by atoms with E-state index in [1.54, 1.807) is 12.4 Å². The molecule has 1 aliphatic heterocycles. The molecule has 1 aliphatic rings. The van der Waals surface area contributed by atoms with Gasteiger partial charge in [0.25, 0.3) is 0 Å². The first-order valence-corrected chi connectivity index (χ1v) is 2.70. The van der Waals surface area contributed by atoms with Crippen molar-refractivity contribution in [2.45, 2.75) is 13.3 Å². The second kappa shape index (κ2) is 2.40. The first kappa shape index (κ1) is 5.22. The van der Waals surface area contributed by atoms with Gasteiger partial charge >= 0.3 is 0 Å². The van der Waals surface area contributed by atoms with Gasteiger partial charge in [0.2, 0.25) is 0 Å². The van der Waals surface area contributed by atoms with E-state index in [1.165, 1.54) is 0 Å². The maximum Gasteiger partial charge on any atom is 0.147 e. The fourth-order valence-corrected chi connectivity index (χ4v) is 0.541. The van der Waals surface area contributed by atoms with Crippen molar-refractivity contribution in [1.29, 1.82) is 0 Å². The molecule has 0 amide bonds. The van der Waals surface area contributed by atoms with Crippen LogP contribution in [-0.4, -0.2) is 12.4 Å². The summed E-state index contributed by atoms with van der Waals surface area (Å²) in [5, 5.41) is 0. The lowest BCUT2D eigenvalue weighted by Crippen LogP contribution is -1.62. The van der Waals surface area contributed by atoms with Crippen LogP contribution in [0, 0.1) is 0 Å². The summed E-state index contributed by atoms with van der Waals surface area (Å²) >= 11 is 0. The van der Waals surface area contributed by atoms with Gasteiger partial charge in [0, 0.05) is 12.4 Å². The highest BCUT2D eigenvalue weighted by Crippen LogP contribution is 2.01. The van der Waals surface area contributed by atoms with Gasteiger partial charge in [0.1, 0.15) is 5.82 Å². The van der Waals surface area contributed by atoms with E-state index in [4.69, 9.17) is 0 Å². The van der Waals surface area contributed by atoms with Crippen molar-refractivity contribution in [3.05, 3.63) is 11.9 Å². The minimum absolute atomic E-state index is 0.840. The Balaban J connectivity index is 2.60. The molecule has 0 radical (unpaired) electrons. The predicted molar refractivity (Wildman–Crippen MR) is 35.4 cm³/mol. The lowest BCUT2D eigenvalue weighted by molar-refractivity contribution is 1.15. The Labute approximate surface area is 48.7 Å². The average molecular weight is 108 g/mol. The van der Waals surface area contributed by atoms with Gasteiger partial charge < -0.3 is 0 Å². The summed E-state index contributed by atoms with van der Waals surface area (Å²) in [5.74, 6) is 0.840. The van der Waals surface area contributed by atoms with Crippen molar-refractivity contribution >= 4 is 12.4 Å². The summed E-state index contributed by atoms with van der Waals surface area (Å²) < 4.78 is 0. The molecule has 0 saturated heterocycles. The summed E-state index contributed by atoms with van der Waals surface area (Å²) in [6.07, 6.45) is 6.38. The van der Waals surface area contributed by atoms with E-state index in [-0.39, 0.29) is 0 Å². The van der Waals surface area contributed by atoms with Crippen LogP contribution in [0.2, 0.25) is 0 Å². The van der Waals surface area contributed by atoms with Crippen molar-refractivity contribution in [2.24, 2.45) is 9.98 Å². The molecule has 0 aromatic rings. The summed E-state index contributed by atoms with van der Waals surface area (Å²) in [5.41, 5.74) is 0. The molecule has 42 valence electrons. The Morgan fingerprint density at radius 1 is 1.50 bits per heavy atom. The summed E-state index contributed by atoms with van der Waals surface area (Å²) in [6, 6.07) is 0. The number of rotatable bonds is 1. The van der Waals surface area contributed by atoms with Gasteiger partial charge in [-0.1, -0.05) is 6.92 Å². The molecule has 0 N–H and O–H groups in total. The molecule has 0 unspecified atom stereocenters. The predicted octanol–water partition coefficient (Wildman–Crippen LogP) is 1.39. The molecule has 0 bridgehead atoms. The second-order valence-corrected chi connectivity index (χ2v) is 1.53. The van der Waals surface area contributed by atoms with Crippen LogP contribution in [0.15, 0.2) is 21.9 Å². The third-order valence-electron chi connectivity index (χ3n) is 0.867. The molecule has 2 heteroatoms. The van der Waals surface area contributed by atoms with Crippen molar-refractivity contribution in [3.63, 3.8) is 0 Å². The molecule has 0 atom stereocenters. The zero-order valence-corrected chi connectivity index (χ0v) is 4.83. The maximum atomic E-state index is 3.94. The normalized spacial score (nSPS) is 15.4. The Bertz CT molecular complexity index is 140. The Morgan fingerprint density at radius 3 is 2.62 bits per heavy atom. The molecule has 8 heavy (non-hydrogen) atoms. The van der Waals surface area contributed by atoms with Crippen LogP contribution in [0.25, 0.3) is 0 Å². The molecular formula is C6H8N2. The van der Waals surface area contributed by atoms with Gasteiger partial charge in [-0.3, -0.25) is 0 Å². The summed E-state index contributed by atoms with van der Waals surface area (Å²) in [4.78, 5) is 7.88. The van der Waals surface area contributed by atoms with E-state index in [0.29, 0.717) is 0 Å². The van der Waals surface area contributed by atoms with Gasteiger partial charge in [-0.15, -0.1) is 0 Å². The molecule has 2 nitrogen and oxygen atoms in total. The largest absolute Gasteiger partial charge is 0.236 e. The number of hydrogen-bond acceptors (Lipinski definition) is 2. The van der Waals surface area contributed by atoms with Crippen LogP contribution in [-0.2, 0) is 0 Å².